The minimum atomic E-state index is -0.700. The number of benzene rings is 2. The van der Waals surface area contributed by atoms with E-state index in [2.05, 4.69) is 45.1 Å². The van der Waals surface area contributed by atoms with Crippen LogP contribution in [0.15, 0.2) is 53.0 Å². The van der Waals surface area contributed by atoms with Crippen LogP contribution in [0.1, 0.15) is 36.9 Å². The number of rotatable bonds is 6. The molecule has 1 N–H and O–H groups in total. The second-order valence-electron chi connectivity index (χ2n) is 6.63. The van der Waals surface area contributed by atoms with Crippen molar-refractivity contribution < 1.29 is 14.6 Å². The highest BCUT2D eigenvalue weighted by atomic mass is 79.9. The molecule has 1 fully saturated rings. The molecule has 5 heteroatoms. The van der Waals surface area contributed by atoms with Gasteiger partial charge in [-0.05, 0) is 61.7 Å². The Hall–Kier alpha value is -1.85. The largest absolute Gasteiger partial charge is 0.494 e. The number of piperidine rings is 1. The third kappa shape index (κ3) is 4.46. The number of carboxylic acids is 1. The van der Waals surface area contributed by atoms with Crippen molar-refractivity contribution >= 4 is 21.9 Å². The number of nitrogens with zero attached hydrogens (tertiary/aromatic N) is 1. The Bertz CT molecular complexity index is 747. The summed E-state index contributed by atoms with van der Waals surface area (Å²) in [5.74, 6) is -0.151. The third-order valence-corrected chi connectivity index (χ3v) is 5.33. The van der Waals surface area contributed by atoms with Gasteiger partial charge in [-0.3, -0.25) is 9.69 Å². The fourth-order valence-electron chi connectivity index (χ4n) is 3.65. The molecule has 0 aliphatic carbocycles. The first-order chi connectivity index (χ1) is 12.6. The first-order valence-electron chi connectivity index (χ1n) is 9.03. The lowest BCUT2D eigenvalue weighted by Crippen LogP contribution is -2.41. The summed E-state index contributed by atoms with van der Waals surface area (Å²) in [4.78, 5) is 13.8. The zero-order valence-electron chi connectivity index (χ0n) is 14.9. The fourth-order valence-corrected chi connectivity index (χ4v) is 4.06. The van der Waals surface area contributed by atoms with Crippen molar-refractivity contribution in [2.45, 2.75) is 25.8 Å². The predicted molar refractivity (Wildman–Crippen MR) is 106 cm³/mol. The lowest BCUT2D eigenvalue weighted by Gasteiger charge is -2.37. The second kappa shape index (κ2) is 8.69. The van der Waals surface area contributed by atoms with Crippen LogP contribution in [0.2, 0.25) is 0 Å². The molecule has 2 aromatic rings. The van der Waals surface area contributed by atoms with Gasteiger partial charge < -0.3 is 9.84 Å². The molecule has 2 unspecified atom stereocenters. The molecule has 1 saturated heterocycles. The zero-order chi connectivity index (χ0) is 18.5. The Morgan fingerprint density at radius 2 is 2.04 bits per heavy atom. The lowest BCUT2D eigenvalue weighted by molar-refractivity contribution is -0.143. The summed E-state index contributed by atoms with van der Waals surface area (Å²) in [7, 11) is 0. The Kier molecular flexibility index (Phi) is 6.33. The van der Waals surface area contributed by atoms with Crippen LogP contribution in [0.25, 0.3) is 0 Å². The smallest absolute Gasteiger partial charge is 0.307 e. The number of likely N-dealkylation sites (tertiary alicyclic amines) is 1. The highest BCUT2D eigenvalue weighted by molar-refractivity contribution is 9.10. The molecule has 2 aromatic carbocycles. The summed E-state index contributed by atoms with van der Waals surface area (Å²) in [6.45, 7) is 4.08. The summed E-state index contributed by atoms with van der Waals surface area (Å²) < 4.78 is 6.59. The zero-order valence-corrected chi connectivity index (χ0v) is 16.5. The first kappa shape index (κ1) is 18.9. The maximum absolute atomic E-state index is 11.5. The molecule has 3 rings (SSSR count). The van der Waals surface area contributed by atoms with Gasteiger partial charge in [-0.2, -0.15) is 0 Å². The standard InChI is InChI=1S/C21H24BrNO3/c1-2-26-19-10-8-15(9-11-19)20(16-5-3-7-18(22)13-16)23-12-4-6-17(14-23)21(24)25/h3,5,7-11,13,17,20H,2,4,6,12,14H2,1H3,(H,24,25). The van der Waals surface area contributed by atoms with Crippen molar-refractivity contribution in [1.82, 2.24) is 4.90 Å². The SMILES string of the molecule is CCOc1ccc(C(c2cccc(Br)c2)N2CCCC(C(=O)O)C2)cc1. The third-order valence-electron chi connectivity index (χ3n) is 4.84. The minimum absolute atomic E-state index is 0.0327. The molecule has 0 radical (unpaired) electrons. The van der Waals surface area contributed by atoms with Crippen LogP contribution >= 0.6 is 15.9 Å². The minimum Gasteiger partial charge on any atom is -0.494 e. The Labute approximate surface area is 162 Å². The van der Waals surface area contributed by atoms with Crippen LogP contribution in [0.3, 0.4) is 0 Å². The summed E-state index contributed by atoms with van der Waals surface area (Å²) >= 11 is 3.56. The van der Waals surface area contributed by atoms with E-state index in [1.165, 1.54) is 0 Å². The van der Waals surface area contributed by atoms with Gasteiger partial charge in [0.05, 0.1) is 18.6 Å². The van der Waals surface area contributed by atoms with E-state index in [-0.39, 0.29) is 12.0 Å². The maximum Gasteiger partial charge on any atom is 0.307 e. The molecule has 138 valence electrons. The summed E-state index contributed by atoms with van der Waals surface area (Å²) in [6, 6.07) is 16.4. The molecule has 0 saturated carbocycles. The van der Waals surface area contributed by atoms with Gasteiger partial charge in [0.2, 0.25) is 0 Å². The molecular formula is C21H24BrNO3. The number of hydrogen-bond donors (Lipinski definition) is 1. The van der Waals surface area contributed by atoms with Gasteiger partial charge in [-0.1, -0.05) is 40.2 Å². The molecule has 26 heavy (non-hydrogen) atoms. The average molecular weight is 418 g/mol. The second-order valence-corrected chi connectivity index (χ2v) is 7.55. The highest BCUT2D eigenvalue weighted by Gasteiger charge is 2.31. The quantitative estimate of drug-likeness (QED) is 0.737. The lowest BCUT2D eigenvalue weighted by atomic mass is 9.91. The van der Waals surface area contributed by atoms with E-state index in [9.17, 15) is 9.90 Å². The fraction of sp³-hybridized carbons (Fsp3) is 0.381. The van der Waals surface area contributed by atoms with Gasteiger partial charge in [0.1, 0.15) is 5.75 Å². The van der Waals surface area contributed by atoms with Crippen molar-refractivity contribution in [2.75, 3.05) is 19.7 Å². The first-order valence-corrected chi connectivity index (χ1v) is 9.83. The monoisotopic (exact) mass is 417 g/mol. The van der Waals surface area contributed by atoms with E-state index in [1.807, 2.05) is 31.2 Å². The molecule has 1 aliphatic heterocycles. The average Bonchev–Trinajstić information content (AvgIpc) is 2.64. The molecule has 0 aromatic heterocycles. The topological polar surface area (TPSA) is 49.8 Å². The van der Waals surface area contributed by atoms with Crippen LogP contribution < -0.4 is 4.74 Å². The molecule has 4 nitrogen and oxygen atoms in total. The summed E-state index contributed by atoms with van der Waals surface area (Å²) in [5.41, 5.74) is 2.31. The van der Waals surface area contributed by atoms with Crippen molar-refractivity contribution in [3.8, 4) is 5.75 Å². The Morgan fingerprint density at radius 1 is 1.27 bits per heavy atom. The van der Waals surface area contributed by atoms with Crippen molar-refractivity contribution in [3.63, 3.8) is 0 Å². The predicted octanol–water partition coefficient (Wildman–Crippen LogP) is 4.73. The van der Waals surface area contributed by atoms with Crippen molar-refractivity contribution in [1.29, 1.82) is 0 Å². The Balaban J connectivity index is 1.95. The highest BCUT2D eigenvalue weighted by Crippen LogP contribution is 2.34. The van der Waals surface area contributed by atoms with E-state index < -0.39 is 5.97 Å². The van der Waals surface area contributed by atoms with Crippen LogP contribution in [-0.2, 0) is 4.79 Å². The van der Waals surface area contributed by atoms with E-state index >= 15 is 0 Å². The van der Waals surface area contributed by atoms with E-state index in [0.717, 1.165) is 40.7 Å². The maximum atomic E-state index is 11.5. The van der Waals surface area contributed by atoms with Gasteiger partial charge >= 0.3 is 5.97 Å². The molecule has 1 heterocycles. The molecule has 0 amide bonds. The van der Waals surface area contributed by atoms with Crippen molar-refractivity contribution in [3.05, 3.63) is 64.1 Å². The molecule has 0 spiro atoms. The number of carboxylic acid groups (broad SMARTS) is 1. The number of halogens is 1. The summed E-state index contributed by atoms with van der Waals surface area (Å²) in [6.07, 6.45) is 1.65. The molecule has 0 bridgehead atoms. The van der Waals surface area contributed by atoms with Crippen LogP contribution in [0.4, 0.5) is 0 Å². The van der Waals surface area contributed by atoms with Gasteiger partial charge in [-0.25, -0.2) is 0 Å². The van der Waals surface area contributed by atoms with E-state index in [4.69, 9.17) is 4.74 Å². The molecule has 2 atom stereocenters. The molecular weight excluding hydrogens is 394 g/mol. The van der Waals surface area contributed by atoms with Gasteiger partial charge in [0, 0.05) is 11.0 Å². The van der Waals surface area contributed by atoms with Gasteiger partial charge in [0.15, 0.2) is 0 Å². The molecule has 1 aliphatic rings. The summed E-state index contributed by atoms with van der Waals surface area (Å²) in [5, 5.41) is 9.47. The Morgan fingerprint density at radius 3 is 2.69 bits per heavy atom. The van der Waals surface area contributed by atoms with E-state index in [1.54, 1.807) is 0 Å². The van der Waals surface area contributed by atoms with Crippen molar-refractivity contribution in [2.24, 2.45) is 5.92 Å². The number of aliphatic carboxylic acids is 1. The number of hydrogen-bond acceptors (Lipinski definition) is 3. The number of ether oxygens (including phenoxy) is 1. The van der Waals surface area contributed by atoms with Gasteiger partial charge in [0.25, 0.3) is 0 Å². The van der Waals surface area contributed by atoms with Gasteiger partial charge in [-0.15, -0.1) is 0 Å². The normalized spacial score (nSPS) is 19.1. The number of carbonyl (C=O) groups is 1. The van der Waals surface area contributed by atoms with Crippen LogP contribution in [-0.4, -0.2) is 35.7 Å². The van der Waals surface area contributed by atoms with E-state index in [0.29, 0.717) is 13.2 Å². The van der Waals surface area contributed by atoms with Crippen LogP contribution in [0, 0.1) is 5.92 Å². The van der Waals surface area contributed by atoms with Crippen LogP contribution in [0.5, 0.6) is 5.75 Å².